The second kappa shape index (κ2) is 5.88. The largest absolute Gasteiger partial charge is 0.471 e. The number of nitrogens with zero attached hydrogens (tertiary/aromatic N) is 4. The predicted octanol–water partition coefficient (Wildman–Crippen LogP) is 2.17. The molecule has 0 saturated heterocycles. The Balaban J connectivity index is 1.86. The van der Waals surface area contributed by atoms with Gasteiger partial charge >= 0.3 is 0 Å². The maximum absolute atomic E-state index is 11.0. The van der Waals surface area contributed by atoms with Crippen LogP contribution in [0, 0.1) is 0 Å². The highest BCUT2D eigenvalue weighted by Gasteiger charge is 2.12. The molecule has 6 nitrogen and oxygen atoms in total. The quantitative estimate of drug-likeness (QED) is 0.676. The van der Waals surface area contributed by atoms with Gasteiger partial charge in [-0.3, -0.25) is 4.79 Å². The first-order chi connectivity index (χ1) is 10.2. The number of ether oxygens (including phenoxy) is 1. The van der Waals surface area contributed by atoms with E-state index >= 15 is 0 Å². The van der Waals surface area contributed by atoms with E-state index < -0.39 is 5.24 Å². The Morgan fingerprint density at radius 1 is 1.19 bits per heavy atom. The molecule has 0 unspecified atom stereocenters. The Labute approximate surface area is 125 Å². The van der Waals surface area contributed by atoms with E-state index in [1.54, 1.807) is 4.57 Å². The van der Waals surface area contributed by atoms with Crippen LogP contribution in [0.15, 0.2) is 43.0 Å². The molecule has 106 valence electrons. The summed E-state index contributed by atoms with van der Waals surface area (Å²) in [5.74, 6) is 0.379. The van der Waals surface area contributed by atoms with E-state index in [1.165, 1.54) is 12.7 Å². The lowest BCUT2D eigenvalue weighted by Gasteiger charge is -2.05. The van der Waals surface area contributed by atoms with Crippen LogP contribution in [0.4, 0.5) is 0 Å². The molecule has 0 fully saturated rings. The minimum atomic E-state index is -0.486. The van der Waals surface area contributed by atoms with Crippen molar-refractivity contribution in [3.05, 3.63) is 48.5 Å². The van der Waals surface area contributed by atoms with E-state index in [1.807, 2.05) is 30.3 Å². The molecule has 2 heterocycles. The zero-order valence-corrected chi connectivity index (χ0v) is 11.7. The molecule has 0 aliphatic carbocycles. The van der Waals surface area contributed by atoms with E-state index in [-0.39, 0.29) is 6.54 Å². The third kappa shape index (κ3) is 3.00. The Kier molecular flexibility index (Phi) is 3.79. The Bertz CT molecular complexity index is 773. The molecule has 3 rings (SSSR count). The van der Waals surface area contributed by atoms with Crippen LogP contribution in [0.5, 0.6) is 5.88 Å². The number of rotatable bonds is 5. The van der Waals surface area contributed by atoms with Crippen LogP contribution in [-0.2, 0) is 17.9 Å². The normalized spacial score (nSPS) is 10.7. The molecule has 0 aliphatic rings. The van der Waals surface area contributed by atoms with Crippen LogP contribution in [-0.4, -0.2) is 24.8 Å². The van der Waals surface area contributed by atoms with Gasteiger partial charge in [0.1, 0.15) is 12.9 Å². The summed E-state index contributed by atoms with van der Waals surface area (Å²) >= 11 is 5.39. The first kappa shape index (κ1) is 13.5. The van der Waals surface area contributed by atoms with Crippen molar-refractivity contribution >= 4 is 28.0 Å². The molecule has 0 radical (unpaired) electrons. The minimum Gasteiger partial charge on any atom is -0.471 e. The third-order valence-electron chi connectivity index (χ3n) is 2.88. The summed E-state index contributed by atoms with van der Waals surface area (Å²) in [7, 11) is 0. The van der Waals surface area contributed by atoms with E-state index in [4.69, 9.17) is 16.3 Å². The molecule has 0 amide bonds. The number of carbonyl (C=O) groups is 1. The van der Waals surface area contributed by atoms with Gasteiger partial charge in [-0.15, -0.1) is 0 Å². The van der Waals surface area contributed by atoms with E-state index in [9.17, 15) is 4.79 Å². The van der Waals surface area contributed by atoms with Crippen molar-refractivity contribution in [2.45, 2.75) is 13.2 Å². The smallest absolute Gasteiger partial charge is 0.245 e. The van der Waals surface area contributed by atoms with E-state index in [0.29, 0.717) is 23.7 Å². The molecule has 1 aromatic carbocycles. The molecule has 21 heavy (non-hydrogen) atoms. The Morgan fingerprint density at radius 2 is 2.00 bits per heavy atom. The number of hydrogen-bond acceptors (Lipinski definition) is 5. The molecule has 0 atom stereocenters. The number of hydrogen-bond donors (Lipinski definition) is 0. The molecule has 0 spiro atoms. The number of halogens is 1. The lowest BCUT2D eigenvalue weighted by Crippen LogP contribution is -2.04. The molecule has 7 heteroatoms. The molecular weight excluding hydrogens is 292 g/mol. The van der Waals surface area contributed by atoms with Gasteiger partial charge in [-0.1, -0.05) is 30.3 Å². The number of imidazole rings is 1. The van der Waals surface area contributed by atoms with E-state index in [0.717, 1.165) is 5.56 Å². The van der Waals surface area contributed by atoms with Crippen molar-refractivity contribution in [1.82, 2.24) is 19.5 Å². The molecule has 0 saturated carbocycles. The van der Waals surface area contributed by atoms with Crippen LogP contribution in [0.1, 0.15) is 5.56 Å². The second-order valence-electron chi connectivity index (χ2n) is 4.35. The van der Waals surface area contributed by atoms with Crippen molar-refractivity contribution in [2.75, 3.05) is 0 Å². The predicted molar refractivity (Wildman–Crippen MR) is 77.0 cm³/mol. The number of aromatic nitrogens is 4. The maximum atomic E-state index is 11.0. The lowest BCUT2D eigenvalue weighted by molar-refractivity contribution is -0.112. The summed E-state index contributed by atoms with van der Waals surface area (Å²) in [6.07, 6.45) is 2.87. The van der Waals surface area contributed by atoms with Gasteiger partial charge in [0.25, 0.3) is 0 Å². The summed E-state index contributed by atoms with van der Waals surface area (Å²) in [6, 6.07) is 9.74. The Hall–Kier alpha value is -2.47. The molecule has 0 N–H and O–H groups in total. The topological polar surface area (TPSA) is 69.9 Å². The average molecular weight is 303 g/mol. The van der Waals surface area contributed by atoms with Gasteiger partial charge in [0.2, 0.25) is 11.1 Å². The van der Waals surface area contributed by atoms with Gasteiger partial charge in [0.05, 0.1) is 12.9 Å². The van der Waals surface area contributed by atoms with Crippen LogP contribution >= 0.6 is 11.6 Å². The Morgan fingerprint density at radius 3 is 2.76 bits per heavy atom. The number of benzene rings is 1. The van der Waals surface area contributed by atoms with Crippen LogP contribution in [0.25, 0.3) is 11.2 Å². The minimum absolute atomic E-state index is 0.00714. The molecule has 0 aliphatic heterocycles. The summed E-state index contributed by atoms with van der Waals surface area (Å²) in [5, 5.41) is -0.486. The zero-order valence-electron chi connectivity index (χ0n) is 10.9. The average Bonchev–Trinajstić information content (AvgIpc) is 2.89. The van der Waals surface area contributed by atoms with Gasteiger partial charge in [-0.05, 0) is 17.2 Å². The van der Waals surface area contributed by atoms with Crippen molar-refractivity contribution in [2.24, 2.45) is 0 Å². The van der Waals surface area contributed by atoms with Gasteiger partial charge in [0, 0.05) is 0 Å². The highest BCUT2D eigenvalue weighted by Crippen LogP contribution is 2.20. The molecule has 0 bridgehead atoms. The van der Waals surface area contributed by atoms with Gasteiger partial charge in [-0.2, -0.15) is 4.98 Å². The van der Waals surface area contributed by atoms with Crippen LogP contribution in [0.3, 0.4) is 0 Å². The van der Waals surface area contributed by atoms with Crippen molar-refractivity contribution in [3.8, 4) is 5.88 Å². The SMILES string of the molecule is O=C(Cl)Cn1cnc2c(OCc3ccccc3)ncnc21. The fraction of sp³-hybridized carbons (Fsp3) is 0.143. The van der Waals surface area contributed by atoms with Gasteiger partial charge in [-0.25, -0.2) is 9.97 Å². The fourth-order valence-corrected chi connectivity index (χ4v) is 2.07. The van der Waals surface area contributed by atoms with Gasteiger partial charge < -0.3 is 9.30 Å². The fourth-order valence-electron chi connectivity index (χ4n) is 1.94. The first-order valence-corrected chi connectivity index (χ1v) is 6.63. The monoisotopic (exact) mass is 302 g/mol. The van der Waals surface area contributed by atoms with Gasteiger partial charge in [0.15, 0.2) is 11.2 Å². The van der Waals surface area contributed by atoms with Crippen molar-refractivity contribution in [3.63, 3.8) is 0 Å². The van der Waals surface area contributed by atoms with Crippen molar-refractivity contribution < 1.29 is 9.53 Å². The first-order valence-electron chi connectivity index (χ1n) is 6.25. The summed E-state index contributed by atoms with van der Waals surface area (Å²) in [5.41, 5.74) is 2.05. The summed E-state index contributed by atoms with van der Waals surface area (Å²) in [4.78, 5) is 23.4. The van der Waals surface area contributed by atoms with E-state index in [2.05, 4.69) is 15.0 Å². The van der Waals surface area contributed by atoms with Crippen LogP contribution < -0.4 is 4.74 Å². The standard InChI is InChI=1S/C14H11ClN4O2/c15-11(20)6-19-9-18-12-13(19)16-8-17-14(12)21-7-10-4-2-1-3-5-10/h1-5,8-9H,6-7H2. The maximum Gasteiger partial charge on any atom is 0.245 e. The molecule has 3 aromatic rings. The molecule has 2 aromatic heterocycles. The lowest BCUT2D eigenvalue weighted by atomic mass is 10.2. The number of carbonyl (C=O) groups excluding carboxylic acids is 1. The zero-order chi connectivity index (χ0) is 14.7. The van der Waals surface area contributed by atoms with Crippen LogP contribution in [0.2, 0.25) is 0 Å². The third-order valence-corrected chi connectivity index (χ3v) is 3.00. The highest BCUT2D eigenvalue weighted by molar-refractivity contribution is 6.63. The highest BCUT2D eigenvalue weighted by atomic mass is 35.5. The number of fused-ring (bicyclic) bond motifs is 1. The molecular formula is C14H11ClN4O2. The summed E-state index contributed by atoms with van der Waals surface area (Å²) in [6.45, 7) is 0.390. The van der Waals surface area contributed by atoms with Crippen molar-refractivity contribution in [1.29, 1.82) is 0 Å². The second-order valence-corrected chi connectivity index (χ2v) is 4.77. The summed E-state index contributed by atoms with van der Waals surface area (Å²) < 4.78 is 7.24.